The summed E-state index contributed by atoms with van der Waals surface area (Å²) < 4.78 is 15.2. The minimum absolute atomic E-state index is 0.948. The normalized spacial score (nSPS) is 21.5. The van der Waals surface area contributed by atoms with E-state index in [-0.39, 0.29) is 0 Å². The van der Waals surface area contributed by atoms with Gasteiger partial charge in [-0.05, 0) is 10.5 Å². The fourth-order valence-electron chi connectivity index (χ4n) is 3.03. The quantitative estimate of drug-likeness (QED) is 0.534. The maximum Gasteiger partial charge on any atom is 0.165 e. The van der Waals surface area contributed by atoms with E-state index >= 15 is 0 Å². The molecule has 0 N–H and O–H groups in total. The average molecular weight is 377 g/mol. The Balaban J connectivity index is 2.39. The maximum atomic E-state index is 14.2. The Morgan fingerprint density at radius 1 is 0.905 bits per heavy atom. The molecule has 2 aromatic carbocycles. The fraction of sp³-hybridized carbons (Fsp3) is 0.176. The van der Waals surface area contributed by atoms with Crippen molar-refractivity contribution in [3.05, 3.63) is 65.1 Å². The van der Waals surface area contributed by atoms with Gasteiger partial charge in [-0.3, -0.25) is 0 Å². The summed E-state index contributed by atoms with van der Waals surface area (Å²) in [5, 5.41) is 1.94. The van der Waals surface area contributed by atoms with Crippen molar-refractivity contribution in [1.82, 2.24) is 0 Å². The SMILES string of the molecule is C[Si](C)(C)C1=C(Br)c2ccccc2P1(=O)c1ccccc1. The molecule has 0 spiro atoms. The molecule has 1 atom stereocenters. The first-order valence-corrected chi connectivity index (χ1v) is 13.0. The summed E-state index contributed by atoms with van der Waals surface area (Å²) in [7, 11) is -4.44. The first-order valence-electron chi connectivity index (χ1n) is 7.03. The molecule has 0 fully saturated rings. The summed E-state index contributed by atoms with van der Waals surface area (Å²) in [6.45, 7) is 6.81. The molecule has 0 radical (unpaired) electrons. The van der Waals surface area contributed by atoms with E-state index in [1.165, 1.54) is 0 Å². The van der Waals surface area contributed by atoms with Gasteiger partial charge >= 0.3 is 0 Å². The Kier molecular flexibility index (Phi) is 3.64. The fourth-order valence-corrected chi connectivity index (χ4v) is 14.0. The number of fused-ring (bicyclic) bond motifs is 1. The number of benzene rings is 2. The molecular formula is C17H18BrOPSi. The van der Waals surface area contributed by atoms with Crippen molar-refractivity contribution in [3.63, 3.8) is 0 Å². The molecular weight excluding hydrogens is 359 g/mol. The second-order valence-electron chi connectivity index (χ2n) is 6.37. The molecule has 1 unspecified atom stereocenters. The number of hydrogen-bond acceptors (Lipinski definition) is 1. The lowest BCUT2D eigenvalue weighted by atomic mass is 10.2. The van der Waals surface area contributed by atoms with Crippen LogP contribution in [0.5, 0.6) is 0 Å². The van der Waals surface area contributed by atoms with Crippen LogP contribution in [-0.2, 0) is 4.57 Å². The van der Waals surface area contributed by atoms with Crippen molar-refractivity contribution in [2.24, 2.45) is 0 Å². The summed E-state index contributed by atoms with van der Waals surface area (Å²) in [5.41, 5.74) is 1.10. The zero-order valence-corrected chi connectivity index (χ0v) is 15.9. The zero-order chi connectivity index (χ0) is 15.3. The maximum absolute atomic E-state index is 14.2. The molecule has 0 bridgehead atoms. The first-order chi connectivity index (χ1) is 9.87. The Hall–Kier alpha value is -0.893. The summed E-state index contributed by atoms with van der Waals surface area (Å²) >= 11 is 3.75. The average Bonchev–Trinajstić information content (AvgIpc) is 2.70. The van der Waals surface area contributed by atoms with E-state index in [1.807, 2.05) is 48.5 Å². The van der Waals surface area contributed by atoms with E-state index in [9.17, 15) is 4.57 Å². The second kappa shape index (κ2) is 5.08. The lowest BCUT2D eigenvalue weighted by Gasteiger charge is -2.27. The molecule has 0 saturated carbocycles. The Morgan fingerprint density at radius 3 is 2.10 bits per heavy atom. The van der Waals surface area contributed by atoms with Crippen molar-refractivity contribution in [1.29, 1.82) is 0 Å². The lowest BCUT2D eigenvalue weighted by molar-refractivity contribution is 0.592. The molecule has 1 nitrogen and oxygen atoms in total. The van der Waals surface area contributed by atoms with Gasteiger partial charge in [0, 0.05) is 15.1 Å². The topological polar surface area (TPSA) is 17.1 Å². The monoisotopic (exact) mass is 376 g/mol. The Morgan fingerprint density at radius 2 is 1.48 bits per heavy atom. The van der Waals surface area contributed by atoms with Crippen molar-refractivity contribution in [2.45, 2.75) is 19.6 Å². The lowest BCUT2D eigenvalue weighted by Crippen LogP contribution is -2.28. The minimum atomic E-state index is -2.71. The van der Waals surface area contributed by atoms with Gasteiger partial charge < -0.3 is 4.57 Å². The highest BCUT2D eigenvalue weighted by Gasteiger charge is 2.46. The predicted octanol–water partition coefficient (Wildman–Crippen LogP) is 4.96. The van der Waals surface area contributed by atoms with Crippen molar-refractivity contribution in [3.8, 4) is 0 Å². The van der Waals surface area contributed by atoms with Gasteiger partial charge in [0.15, 0.2) is 7.14 Å². The molecule has 2 aromatic rings. The third kappa shape index (κ3) is 2.23. The third-order valence-electron chi connectivity index (χ3n) is 3.83. The Labute approximate surface area is 135 Å². The summed E-state index contributed by atoms with van der Waals surface area (Å²) in [6, 6.07) is 18.0. The van der Waals surface area contributed by atoms with Gasteiger partial charge in [-0.1, -0.05) is 90.2 Å². The van der Waals surface area contributed by atoms with Crippen LogP contribution in [0.2, 0.25) is 19.6 Å². The van der Waals surface area contributed by atoms with Crippen LogP contribution < -0.4 is 10.6 Å². The molecule has 0 saturated heterocycles. The van der Waals surface area contributed by atoms with Crippen LogP contribution in [0, 0.1) is 0 Å². The van der Waals surface area contributed by atoms with E-state index in [0.717, 1.165) is 25.6 Å². The van der Waals surface area contributed by atoms with Crippen molar-refractivity contribution >= 4 is 46.2 Å². The van der Waals surface area contributed by atoms with Crippen LogP contribution in [0.25, 0.3) is 4.48 Å². The molecule has 4 heteroatoms. The highest BCUT2D eigenvalue weighted by Crippen LogP contribution is 2.63. The predicted molar refractivity (Wildman–Crippen MR) is 99.0 cm³/mol. The second-order valence-corrected chi connectivity index (χ2v) is 15.3. The van der Waals surface area contributed by atoms with Gasteiger partial charge in [0.05, 0.1) is 8.07 Å². The highest BCUT2D eigenvalue weighted by molar-refractivity contribution is 9.15. The van der Waals surface area contributed by atoms with Gasteiger partial charge in [-0.2, -0.15) is 0 Å². The van der Waals surface area contributed by atoms with E-state index in [1.54, 1.807) is 0 Å². The van der Waals surface area contributed by atoms with Crippen molar-refractivity contribution in [2.75, 3.05) is 0 Å². The van der Waals surface area contributed by atoms with Gasteiger partial charge in [0.1, 0.15) is 0 Å². The molecule has 1 heterocycles. The van der Waals surface area contributed by atoms with Crippen LogP contribution in [0.3, 0.4) is 0 Å². The van der Waals surface area contributed by atoms with Crippen LogP contribution in [0.1, 0.15) is 5.56 Å². The molecule has 21 heavy (non-hydrogen) atoms. The smallest absolute Gasteiger partial charge is 0.165 e. The van der Waals surface area contributed by atoms with Gasteiger partial charge in [-0.25, -0.2) is 0 Å². The van der Waals surface area contributed by atoms with Crippen LogP contribution >= 0.6 is 23.1 Å². The highest BCUT2D eigenvalue weighted by atomic mass is 79.9. The number of halogens is 1. The van der Waals surface area contributed by atoms with Gasteiger partial charge in [-0.15, -0.1) is 0 Å². The molecule has 1 aliphatic rings. The van der Waals surface area contributed by atoms with E-state index in [2.05, 4.69) is 41.6 Å². The molecule has 3 rings (SSSR count). The summed E-state index contributed by atoms with van der Waals surface area (Å²) in [4.78, 5) is 1.16. The Bertz CT molecular complexity index is 775. The van der Waals surface area contributed by atoms with E-state index in [0.29, 0.717) is 0 Å². The van der Waals surface area contributed by atoms with Crippen LogP contribution in [0.4, 0.5) is 0 Å². The molecule has 0 aliphatic carbocycles. The third-order valence-corrected chi connectivity index (χ3v) is 12.9. The van der Waals surface area contributed by atoms with E-state index < -0.39 is 15.2 Å². The molecule has 1 aliphatic heterocycles. The molecule has 0 amide bonds. The zero-order valence-electron chi connectivity index (χ0n) is 12.4. The van der Waals surface area contributed by atoms with Crippen molar-refractivity contribution < 1.29 is 4.57 Å². The van der Waals surface area contributed by atoms with Crippen LogP contribution in [0.15, 0.2) is 59.5 Å². The van der Waals surface area contributed by atoms with Crippen LogP contribution in [-0.4, -0.2) is 8.07 Å². The molecule has 108 valence electrons. The first kappa shape index (κ1) is 15.0. The van der Waals surface area contributed by atoms with Gasteiger partial charge in [0.2, 0.25) is 0 Å². The number of rotatable bonds is 2. The van der Waals surface area contributed by atoms with E-state index in [4.69, 9.17) is 0 Å². The molecule has 0 aromatic heterocycles. The largest absolute Gasteiger partial charge is 0.309 e. The summed E-state index contributed by atoms with van der Waals surface area (Å²) in [6.07, 6.45) is 0. The minimum Gasteiger partial charge on any atom is -0.309 e. The number of hydrogen-bond donors (Lipinski definition) is 0. The summed E-state index contributed by atoms with van der Waals surface area (Å²) in [5.74, 6) is 0. The van der Waals surface area contributed by atoms with Gasteiger partial charge in [0.25, 0.3) is 0 Å². The standard InChI is InChI=1S/C17H18BrOPSi/c1-21(2,3)17-16(18)14-11-7-8-12-15(14)20(17,19)13-9-5-4-6-10-13/h4-12H,1-3H3.